The molecule has 0 aliphatic rings. The molecule has 1 N–H and O–H groups in total. The van der Waals surface area contributed by atoms with E-state index in [-0.39, 0.29) is 0 Å². The fourth-order valence-electron chi connectivity index (χ4n) is 1.49. The fraction of sp³-hybridized carbons (Fsp3) is 0.571. The van der Waals surface area contributed by atoms with Crippen LogP contribution in [0.1, 0.15) is 25.0 Å². The van der Waals surface area contributed by atoms with Gasteiger partial charge >= 0.3 is 0 Å². The Morgan fingerprint density at radius 1 is 1.17 bits per heavy atom. The Bertz CT molecular complexity index is 325. The van der Waals surface area contributed by atoms with Crippen LogP contribution in [0.15, 0.2) is 24.3 Å². The predicted octanol–water partition coefficient (Wildman–Crippen LogP) is 2.17. The van der Waals surface area contributed by atoms with E-state index in [1.165, 1.54) is 0 Å². The van der Waals surface area contributed by atoms with E-state index < -0.39 is 6.10 Å². The van der Waals surface area contributed by atoms with Crippen LogP contribution in [-0.4, -0.2) is 38.6 Å². The van der Waals surface area contributed by atoms with E-state index in [4.69, 9.17) is 14.2 Å². The first-order chi connectivity index (χ1) is 8.74. The van der Waals surface area contributed by atoms with Crippen LogP contribution in [0.4, 0.5) is 0 Å². The van der Waals surface area contributed by atoms with Crippen molar-refractivity contribution in [1.29, 1.82) is 0 Å². The monoisotopic (exact) mass is 254 g/mol. The molecule has 0 spiro atoms. The van der Waals surface area contributed by atoms with Crippen molar-refractivity contribution in [3.8, 4) is 5.75 Å². The molecule has 1 atom stereocenters. The highest BCUT2D eigenvalue weighted by Gasteiger charge is 2.01. The van der Waals surface area contributed by atoms with Gasteiger partial charge in [0.25, 0.3) is 0 Å². The minimum atomic E-state index is -0.473. The largest absolute Gasteiger partial charge is 0.491 e. The molecule has 1 unspecified atom stereocenters. The van der Waals surface area contributed by atoms with Crippen molar-refractivity contribution < 1.29 is 19.3 Å². The first kappa shape index (κ1) is 15.0. The third-order valence-electron chi connectivity index (χ3n) is 2.47. The number of aliphatic hydroxyl groups excluding tert-OH is 1. The molecule has 0 aliphatic heterocycles. The molecule has 18 heavy (non-hydrogen) atoms. The van der Waals surface area contributed by atoms with Gasteiger partial charge in [-0.2, -0.15) is 0 Å². The van der Waals surface area contributed by atoms with Crippen molar-refractivity contribution in [2.75, 3.05) is 33.5 Å². The second-order valence-electron chi connectivity index (χ2n) is 4.06. The van der Waals surface area contributed by atoms with Crippen LogP contribution in [0.2, 0.25) is 0 Å². The zero-order chi connectivity index (χ0) is 13.2. The van der Waals surface area contributed by atoms with Gasteiger partial charge in [0.2, 0.25) is 0 Å². The Hall–Kier alpha value is -1.10. The van der Waals surface area contributed by atoms with Crippen LogP contribution in [0.3, 0.4) is 0 Å². The van der Waals surface area contributed by atoms with E-state index in [9.17, 15) is 5.11 Å². The van der Waals surface area contributed by atoms with Gasteiger partial charge in [-0.3, -0.25) is 0 Å². The van der Waals surface area contributed by atoms with E-state index in [1.54, 1.807) is 14.0 Å². The zero-order valence-electron chi connectivity index (χ0n) is 11.1. The molecule has 0 radical (unpaired) electrons. The van der Waals surface area contributed by atoms with Gasteiger partial charge in [0, 0.05) is 20.3 Å². The Kier molecular flexibility index (Phi) is 7.41. The Balaban J connectivity index is 2.17. The molecule has 0 saturated heterocycles. The lowest BCUT2D eigenvalue weighted by Gasteiger charge is -2.09. The maximum atomic E-state index is 9.45. The van der Waals surface area contributed by atoms with Crippen LogP contribution in [0, 0.1) is 0 Å². The van der Waals surface area contributed by atoms with Crippen molar-refractivity contribution in [2.45, 2.75) is 19.4 Å². The summed E-state index contributed by atoms with van der Waals surface area (Å²) >= 11 is 0. The molecule has 0 amide bonds. The van der Waals surface area contributed by atoms with Crippen LogP contribution in [0.25, 0.3) is 0 Å². The normalized spacial score (nSPS) is 12.4. The van der Waals surface area contributed by atoms with E-state index >= 15 is 0 Å². The molecule has 0 bridgehead atoms. The van der Waals surface area contributed by atoms with Crippen molar-refractivity contribution in [1.82, 2.24) is 0 Å². The molecule has 4 heteroatoms. The number of hydrogen-bond donors (Lipinski definition) is 1. The second kappa shape index (κ2) is 8.91. The molecule has 1 aromatic rings. The molecule has 0 aromatic heterocycles. The Labute approximate surface area is 108 Å². The number of rotatable bonds is 9. The first-order valence-corrected chi connectivity index (χ1v) is 6.21. The first-order valence-electron chi connectivity index (χ1n) is 6.21. The van der Waals surface area contributed by atoms with Crippen LogP contribution in [0.5, 0.6) is 5.75 Å². The summed E-state index contributed by atoms with van der Waals surface area (Å²) in [5, 5.41) is 9.45. The van der Waals surface area contributed by atoms with Crippen molar-refractivity contribution >= 4 is 0 Å². The molecule has 0 aliphatic carbocycles. The maximum Gasteiger partial charge on any atom is 0.119 e. The molecule has 102 valence electrons. The molecule has 0 heterocycles. The van der Waals surface area contributed by atoms with Gasteiger partial charge in [0.05, 0.1) is 12.7 Å². The molecular formula is C14H22O4. The highest BCUT2D eigenvalue weighted by Crippen LogP contribution is 2.18. The van der Waals surface area contributed by atoms with E-state index in [2.05, 4.69) is 0 Å². The molecule has 0 fully saturated rings. The average Bonchev–Trinajstić information content (AvgIpc) is 2.38. The summed E-state index contributed by atoms with van der Waals surface area (Å²) in [5.74, 6) is 0.758. The number of methoxy groups -OCH3 is 1. The minimum Gasteiger partial charge on any atom is -0.491 e. The maximum absolute atomic E-state index is 9.45. The van der Waals surface area contributed by atoms with Gasteiger partial charge in [-0.25, -0.2) is 0 Å². The van der Waals surface area contributed by atoms with E-state index in [0.717, 1.165) is 24.3 Å². The van der Waals surface area contributed by atoms with E-state index in [0.29, 0.717) is 19.8 Å². The standard InChI is InChI=1S/C14H22O4/c1-12(15)13-5-3-6-14(11-13)18-10-9-17-8-4-7-16-2/h3,5-6,11-12,15H,4,7-10H2,1-2H3. The zero-order valence-corrected chi connectivity index (χ0v) is 11.1. The highest BCUT2D eigenvalue weighted by atomic mass is 16.5. The number of ether oxygens (including phenoxy) is 3. The fourth-order valence-corrected chi connectivity index (χ4v) is 1.49. The quantitative estimate of drug-likeness (QED) is 0.686. The van der Waals surface area contributed by atoms with E-state index in [1.807, 2.05) is 24.3 Å². The third-order valence-corrected chi connectivity index (χ3v) is 2.47. The van der Waals surface area contributed by atoms with Crippen molar-refractivity contribution in [3.05, 3.63) is 29.8 Å². The van der Waals surface area contributed by atoms with Gasteiger partial charge in [-0.15, -0.1) is 0 Å². The lowest BCUT2D eigenvalue weighted by Crippen LogP contribution is -2.08. The Morgan fingerprint density at radius 3 is 2.72 bits per heavy atom. The smallest absolute Gasteiger partial charge is 0.119 e. The summed E-state index contributed by atoms with van der Waals surface area (Å²) < 4.78 is 15.8. The lowest BCUT2D eigenvalue weighted by atomic mass is 10.1. The average molecular weight is 254 g/mol. The van der Waals surface area contributed by atoms with Gasteiger partial charge in [-0.05, 0) is 31.0 Å². The molecule has 1 aromatic carbocycles. The number of benzene rings is 1. The third kappa shape index (κ3) is 6.00. The molecule has 0 saturated carbocycles. The highest BCUT2D eigenvalue weighted by molar-refractivity contribution is 5.29. The molecule has 1 rings (SSSR count). The predicted molar refractivity (Wildman–Crippen MR) is 69.9 cm³/mol. The van der Waals surface area contributed by atoms with Crippen LogP contribution < -0.4 is 4.74 Å². The van der Waals surface area contributed by atoms with Crippen LogP contribution in [-0.2, 0) is 9.47 Å². The second-order valence-corrected chi connectivity index (χ2v) is 4.06. The number of hydrogen-bond acceptors (Lipinski definition) is 4. The van der Waals surface area contributed by atoms with Gasteiger partial charge in [0.15, 0.2) is 0 Å². The summed E-state index contributed by atoms with van der Waals surface area (Å²) in [6.07, 6.45) is 0.424. The molecule has 4 nitrogen and oxygen atoms in total. The van der Waals surface area contributed by atoms with Gasteiger partial charge in [-0.1, -0.05) is 12.1 Å². The topological polar surface area (TPSA) is 47.9 Å². The minimum absolute atomic E-state index is 0.473. The summed E-state index contributed by atoms with van der Waals surface area (Å²) in [6, 6.07) is 7.46. The number of aliphatic hydroxyl groups is 1. The Morgan fingerprint density at radius 2 is 2.00 bits per heavy atom. The lowest BCUT2D eigenvalue weighted by molar-refractivity contribution is 0.0805. The van der Waals surface area contributed by atoms with Crippen molar-refractivity contribution in [3.63, 3.8) is 0 Å². The summed E-state index contributed by atoms with van der Waals surface area (Å²) in [4.78, 5) is 0. The summed E-state index contributed by atoms with van der Waals surface area (Å²) in [7, 11) is 1.68. The van der Waals surface area contributed by atoms with Crippen molar-refractivity contribution in [2.24, 2.45) is 0 Å². The summed E-state index contributed by atoms with van der Waals surface area (Å²) in [5.41, 5.74) is 0.855. The van der Waals surface area contributed by atoms with Crippen LogP contribution >= 0.6 is 0 Å². The van der Waals surface area contributed by atoms with Gasteiger partial charge in [0.1, 0.15) is 12.4 Å². The van der Waals surface area contributed by atoms with Gasteiger partial charge < -0.3 is 19.3 Å². The molecular weight excluding hydrogens is 232 g/mol. The summed E-state index contributed by atoms with van der Waals surface area (Å²) in [6.45, 7) is 4.21. The SMILES string of the molecule is COCCCOCCOc1cccc(C(C)O)c1.